The van der Waals surface area contributed by atoms with E-state index in [-0.39, 0.29) is 6.61 Å². The fraction of sp³-hybridized carbons (Fsp3) is 0.618. The molecule has 0 fully saturated rings. The highest BCUT2D eigenvalue weighted by Crippen LogP contribution is 2.35. The van der Waals surface area contributed by atoms with Gasteiger partial charge in [0, 0.05) is 18.7 Å². The molecule has 0 spiro atoms. The number of unbranched alkanes of at least 4 members (excludes halogenated alkanes) is 12. The van der Waals surface area contributed by atoms with Crippen LogP contribution in [0.1, 0.15) is 111 Å². The maximum atomic E-state index is 11.7. The van der Waals surface area contributed by atoms with E-state index in [2.05, 4.69) is 19.1 Å². The highest BCUT2D eigenvalue weighted by Gasteiger charge is 2.30. The lowest BCUT2D eigenvalue weighted by molar-refractivity contribution is -0.112. The Morgan fingerprint density at radius 1 is 0.850 bits per heavy atom. The van der Waals surface area contributed by atoms with Crippen LogP contribution in [0.2, 0.25) is 0 Å². The third kappa shape index (κ3) is 10.4. The number of furan rings is 1. The molecule has 0 aliphatic heterocycles. The number of benzene rings is 1. The molecule has 0 unspecified atom stereocenters. The van der Waals surface area contributed by atoms with Crippen LogP contribution < -0.4 is 10.4 Å². The highest BCUT2D eigenvalue weighted by atomic mass is 16.5. The summed E-state index contributed by atoms with van der Waals surface area (Å²) in [7, 11) is 0. The molecular weight excluding hydrogens is 504 g/mol. The van der Waals surface area contributed by atoms with Crippen molar-refractivity contribution in [2.24, 2.45) is 0 Å². The minimum atomic E-state index is -0.838. The van der Waals surface area contributed by atoms with E-state index in [0.717, 1.165) is 18.2 Å². The number of aliphatic hydroxyl groups is 1. The minimum absolute atomic E-state index is 0.0406. The van der Waals surface area contributed by atoms with Crippen LogP contribution in [0.3, 0.4) is 0 Å². The Kier molecular flexibility index (Phi) is 13.8. The van der Waals surface area contributed by atoms with E-state index < -0.39 is 17.3 Å². The molecule has 3 rings (SSSR count). The van der Waals surface area contributed by atoms with Crippen molar-refractivity contribution in [2.75, 3.05) is 13.2 Å². The van der Waals surface area contributed by atoms with E-state index in [9.17, 15) is 9.90 Å². The zero-order valence-electron chi connectivity index (χ0n) is 24.9. The van der Waals surface area contributed by atoms with Crippen molar-refractivity contribution in [2.45, 2.75) is 122 Å². The lowest BCUT2D eigenvalue weighted by Crippen LogP contribution is -2.43. The molecule has 0 bridgehead atoms. The van der Waals surface area contributed by atoms with Crippen LogP contribution in [-0.2, 0) is 4.74 Å². The molecule has 2 heterocycles. The summed E-state index contributed by atoms with van der Waals surface area (Å²) in [6, 6.07) is 6.51. The molecule has 0 aliphatic carbocycles. The number of hydrogen-bond donors (Lipinski definition) is 1. The second-order valence-corrected chi connectivity index (χ2v) is 11.4. The van der Waals surface area contributed by atoms with Crippen LogP contribution in [0, 0.1) is 0 Å². The lowest BCUT2D eigenvalue weighted by Gasteiger charge is -2.31. The Balaban J connectivity index is 1.27. The van der Waals surface area contributed by atoms with Crippen LogP contribution >= 0.6 is 0 Å². The number of allylic oxidation sites excluding steroid dienone is 2. The van der Waals surface area contributed by atoms with Crippen molar-refractivity contribution in [1.29, 1.82) is 0 Å². The molecule has 222 valence electrons. The average Bonchev–Trinajstić information content (AvgIpc) is 3.40. The normalized spacial score (nSPS) is 13.1. The van der Waals surface area contributed by atoms with Gasteiger partial charge in [0.2, 0.25) is 0 Å². The molecule has 2 aromatic heterocycles. The molecule has 0 saturated heterocycles. The zero-order valence-corrected chi connectivity index (χ0v) is 24.9. The van der Waals surface area contributed by atoms with Crippen molar-refractivity contribution in [3.8, 4) is 5.75 Å². The smallest absolute Gasteiger partial charge is 0.336 e. The van der Waals surface area contributed by atoms with Gasteiger partial charge in [-0.25, -0.2) is 4.79 Å². The third-order valence-corrected chi connectivity index (χ3v) is 7.63. The maximum absolute atomic E-state index is 11.7. The summed E-state index contributed by atoms with van der Waals surface area (Å²) in [6.07, 6.45) is 23.3. The topological polar surface area (TPSA) is 82.0 Å². The molecule has 6 heteroatoms. The Bertz CT molecular complexity index is 1200. The average molecular weight is 555 g/mol. The number of ether oxygens (including phenoxy) is 2. The molecular formula is C34H50O6. The van der Waals surface area contributed by atoms with Crippen LogP contribution in [0.15, 0.2) is 56.3 Å². The van der Waals surface area contributed by atoms with E-state index in [4.69, 9.17) is 18.3 Å². The van der Waals surface area contributed by atoms with Gasteiger partial charge in [-0.05, 0) is 58.1 Å². The Hall–Kier alpha value is -2.57. The number of fused-ring (bicyclic) bond motifs is 2. The number of rotatable bonds is 21. The first-order valence-corrected chi connectivity index (χ1v) is 15.5. The highest BCUT2D eigenvalue weighted by molar-refractivity contribution is 6.01. The first kappa shape index (κ1) is 32.0. The van der Waals surface area contributed by atoms with E-state index in [0.29, 0.717) is 28.9 Å². The van der Waals surface area contributed by atoms with Crippen molar-refractivity contribution in [3.05, 3.63) is 53.1 Å². The SMILES string of the molecule is CCCCCCCC/C=C\CCCCCCCCOC(C)(C)[C@@H](O)COc1c2ccoc2cc2oc(=O)ccc12. The van der Waals surface area contributed by atoms with Crippen molar-refractivity contribution >= 4 is 21.9 Å². The van der Waals surface area contributed by atoms with E-state index in [1.165, 1.54) is 83.1 Å². The van der Waals surface area contributed by atoms with Gasteiger partial charge >= 0.3 is 5.63 Å². The molecule has 1 N–H and O–H groups in total. The monoisotopic (exact) mass is 554 g/mol. The maximum Gasteiger partial charge on any atom is 0.336 e. The number of aliphatic hydroxyl groups excluding tert-OH is 1. The van der Waals surface area contributed by atoms with Gasteiger partial charge in [-0.15, -0.1) is 0 Å². The minimum Gasteiger partial charge on any atom is -0.489 e. The van der Waals surface area contributed by atoms with Crippen LogP contribution in [-0.4, -0.2) is 30.0 Å². The van der Waals surface area contributed by atoms with Crippen LogP contribution in [0.4, 0.5) is 0 Å². The van der Waals surface area contributed by atoms with Gasteiger partial charge in [-0.1, -0.05) is 76.9 Å². The first-order valence-electron chi connectivity index (χ1n) is 15.5. The van der Waals surface area contributed by atoms with Crippen molar-refractivity contribution in [1.82, 2.24) is 0 Å². The molecule has 0 saturated carbocycles. The van der Waals surface area contributed by atoms with Gasteiger partial charge in [0.15, 0.2) is 0 Å². The molecule has 1 atom stereocenters. The van der Waals surface area contributed by atoms with Gasteiger partial charge in [-0.2, -0.15) is 0 Å². The molecule has 6 nitrogen and oxygen atoms in total. The van der Waals surface area contributed by atoms with Crippen LogP contribution in [0.25, 0.3) is 21.9 Å². The molecule has 3 aromatic rings. The Labute approximate surface area is 239 Å². The second kappa shape index (κ2) is 17.3. The standard InChI is InChI=1S/C34H50O6/c1-4-5-6-7-8-9-10-11-12-13-14-15-16-17-18-19-23-39-34(2,3)31(35)26-38-33-27-20-21-32(36)40-30(27)25-29-28(33)22-24-37-29/h11-12,20-22,24-25,31,35H,4-10,13-19,23,26H2,1-3H3/b12-11-/t31-/m0/s1. The summed E-state index contributed by atoms with van der Waals surface area (Å²) in [5.74, 6) is 0.521. The summed E-state index contributed by atoms with van der Waals surface area (Å²) in [4.78, 5) is 11.7. The third-order valence-electron chi connectivity index (χ3n) is 7.63. The quantitative estimate of drug-likeness (QED) is 0.0803. The van der Waals surface area contributed by atoms with Gasteiger partial charge in [0.05, 0.1) is 22.6 Å². The summed E-state index contributed by atoms with van der Waals surface area (Å²) >= 11 is 0. The molecule has 1 aromatic carbocycles. The zero-order chi connectivity index (χ0) is 28.6. The van der Waals surface area contributed by atoms with Gasteiger partial charge in [-0.3, -0.25) is 0 Å². The largest absolute Gasteiger partial charge is 0.489 e. The fourth-order valence-electron chi connectivity index (χ4n) is 4.91. The van der Waals surface area contributed by atoms with Gasteiger partial charge in [0.25, 0.3) is 0 Å². The summed E-state index contributed by atoms with van der Waals surface area (Å²) in [5.41, 5.74) is -0.254. The molecule has 40 heavy (non-hydrogen) atoms. The fourth-order valence-corrected chi connectivity index (χ4v) is 4.91. The lowest BCUT2D eigenvalue weighted by atomic mass is 10.0. The molecule has 0 aliphatic rings. The summed E-state index contributed by atoms with van der Waals surface area (Å²) < 4.78 is 22.9. The van der Waals surface area contributed by atoms with Gasteiger partial charge in [0.1, 0.15) is 29.6 Å². The van der Waals surface area contributed by atoms with Crippen molar-refractivity contribution < 1.29 is 23.4 Å². The van der Waals surface area contributed by atoms with Crippen molar-refractivity contribution in [3.63, 3.8) is 0 Å². The molecule has 0 radical (unpaired) electrons. The summed E-state index contributed by atoms with van der Waals surface area (Å²) in [5, 5.41) is 12.3. The Morgan fingerprint density at radius 3 is 2.17 bits per heavy atom. The summed E-state index contributed by atoms with van der Waals surface area (Å²) in [6.45, 7) is 6.69. The predicted octanol–water partition coefficient (Wildman–Crippen LogP) is 9.11. The van der Waals surface area contributed by atoms with E-state index >= 15 is 0 Å². The predicted molar refractivity (Wildman–Crippen MR) is 163 cm³/mol. The van der Waals surface area contributed by atoms with Crippen LogP contribution in [0.5, 0.6) is 5.75 Å². The number of hydrogen-bond acceptors (Lipinski definition) is 6. The molecule has 0 amide bonds. The first-order chi connectivity index (χ1) is 19.4. The second-order valence-electron chi connectivity index (χ2n) is 11.4. The van der Waals surface area contributed by atoms with E-state index in [1.54, 1.807) is 24.5 Å². The Morgan fingerprint density at radius 2 is 1.48 bits per heavy atom. The van der Waals surface area contributed by atoms with E-state index in [1.807, 2.05) is 13.8 Å². The van der Waals surface area contributed by atoms with Gasteiger partial charge < -0.3 is 23.4 Å².